The number of ether oxygens (including phenoxy) is 2. The van der Waals surface area contributed by atoms with Crippen LogP contribution in [0.25, 0.3) is 10.8 Å². The summed E-state index contributed by atoms with van der Waals surface area (Å²) in [6, 6.07) is 3.46. The summed E-state index contributed by atoms with van der Waals surface area (Å²) in [6.07, 6.45) is -1.53. The highest BCUT2D eigenvalue weighted by atomic mass is 19.1. The Balaban J connectivity index is 3.08. The number of amides is 1. The third kappa shape index (κ3) is 3.79. The summed E-state index contributed by atoms with van der Waals surface area (Å²) in [7, 11) is 1.04. The zero-order valence-electron chi connectivity index (χ0n) is 20.5. The number of nitrogens with zero attached hydrogens (tertiary/aromatic N) is 2. The molecule has 1 heterocycles. The molecule has 0 aliphatic rings. The lowest BCUT2D eigenvalue weighted by Crippen LogP contribution is -2.50. The first kappa shape index (κ1) is 14.2. The second kappa shape index (κ2) is 7.38. The molecule has 27 heavy (non-hydrogen) atoms. The average Bonchev–Trinajstić information content (AvgIpc) is 2.61. The van der Waals surface area contributed by atoms with E-state index in [-0.39, 0.29) is 21.7 Å². The first-order valence-corrected chi connectivity index (χ1v) is 7.91. The van der Waals surface area contributed by atoms with Crippen molar-refractivity contribution < 1.29 is 30.3 Å². The molecule has 8 heteroatoms. The van der Waals surface area contributed by atoms with Crippen LogP contribution >= 0.6 is 0 Å². The van der Waals surface area contributed by atoms with Crippen molar-refractivity contribution in [2.75, 3.05) is 18.6 Å². The zero-order chi connectivity index (χ0) is 24.8. The number of aromatic nitrogens is 1. The Hall–Kier alpha value is -2.90. The minimum absolute atomic E-state index is 0.0543. The van der Waals surface area contributed by atoms with Gasteiger partial charge in [0, 0.05) is 16.0 Å². The number of rotatable bonds is 3. The maximum Gasteiger partial charge on any atom is 0.429 e. The normalized spacial score (nSPS) is 15.1. The molecule has 1 aromatic carbocycles. The van der Waals surface area contributed by atoms with Gasteiger partial charge in [0.25, 0.3) is 5.56 Å². The Morgan fingerprint density at radius 3 is 2.59 bits per heavy atom. The van der Waals surface area contributed by atoms with Crippen LogP contribution in [0.5, 0.6) is 0 Å². The molecule has 0 saturated heterocycles. The second-order valence-electron chi connectivity index (χ2n) is 6.64. The Labute approximate surface area is 163 Å². The lowest BCUT2D eigenvalue weighted by atomic mass is 10.0. The topological polar surface area (TPSA) is 77.8 Å². The highest BCUT2D eigenvalue weighted by Gasteiger charge is 2.28. The molecule has 0 radical (unpaired) electrons. The van der Waals surface area contributed by atoms with Crippen LogP contribution in [0.1, 0.15) is 50.5 Å². The monoisotopic (exact) mass is 383 g/mol. The van der Waals surface area contributed by atoms with E-state index >= 15 is 0 Å². The van der Waals surface area contributed by atoms with Crippen molar-refractivity contribution in [2.45, 2.75) is 40.1 Å². The molecule has 1 aromatic heterocycles. The molecule has 0 spiro atoms. The molecule has 2 rings (SSSR count). The maximum atomic E-state index is 14.7. The van der Waals surface area contributed by atoms with Crippen LogP contribution in [-0.4, -0.2) is 35.9 Å². The smallest absolute Gasteiger partial charge is 0.429 e. The van der Waals surface area contributed by atoms with Gasteiger partial charge < -0.3 is 9.47 Å². The van der Waals surface area contributed by atoms with Crippen LogP contribution < -0.4 is 10.6 Å². The Morgan fingerprint density at radius 1 is 1.37 bits per heavy atom. The molecular formula is C19H23FN2O5. The standard InChI is InChI=1S/C19H23FN2O5/c1-7-21(18(25)27-19(3,4)5)22-11(2)14(17(24)26-6)12-9-8-10-13(20)15(12)16(22)23/h8-10H,7H2,1-6H3/i1D3,7D2. The summed E-state index contributed by atoms with van der Waals surface area (Å²) >= 11 is 0. The van der Waals surface area contributed by atoms with Gasteiger partial charge in [-0.3, -0.25) is 4.79 Å². The van der Waals surface area contributed by atoms with Gasteiger partial charge in [0.1, 0.15) is 11.4 Å². The van der Waals surface area contributed by atoms with Crippen molar-refractivity contribution in [3.8, 4) is 0 Å². The van der Waals surface area contributed by atoms with Crippen molar-refractivity contribution in [1.82, 2.24) is 4.68 Å². The van der Waals surface area contributed by atoms with Crippen molar-refractivity contribution in [2.24, 2.45) is 0 Å². The van der Waals surface area contributed by atoms with E-state index in [4.69, 9.17) is 16.3 Å². The van der Waals surface area contributed by atoms with E-state index < -0.39 is 47.8 Å². The summed E-state index contributed by atoms with van der Waals surface area (Å²) in [4.78, 5) is 38.8. The van der Waals surface area contributed by atoms with Crippen LogP contribution in [0.3, 0.4) is 0 Å². The average molecular weight is 383 g/mol. The van der Waals surface area contributed by atoms with Crippen LogP contribution in [0.2, 0.25) is 0 Å². The van der Waals surface area contributed by atoms with Gasteiger partial charge in [-0.05, 0) is 40.6 Å². The van der Waals surface area contributed by atoms with Gasteiger partial charge >= 0.3 is 12.1 Å². The third-order valence-corrected chi connectivity index (χ3v) is 3.63. The second-order valence-corrected chi connectivity index (χ2v) is 6.64. The lowest BCUT2D eigenvalue weighted by molar-refractivity contribution is 0.0531. The van der Waals surface area contributed by atoms with Crippen LogP contribution in [0, 0.1) is 12.7 Å². The third-order valence-electron chi connectivity index (χ3n) is 3.63. The van der Waals surface area contributed by atoms with Gasteiger partial charge in [-0.2, -0.15) is 0 Å². The number of esters is 1. The molecule has 0 N–H and O–H groups in total. The molecule has 146 valence electrons. The van der Waals surface area contributed by atoms with Crippen molar-refractivity contribution in [1.29, 1.82) is 0 Å². The highest BCUT2D eigenvalue weighted by molar-refractivity contribution is 6.05. The minimum Gasteiger partial charge on any atom is -0.465 e. The zero-order valence-corrected chi connectivity index (χ0v) is 15.5. The minimum atomic E-state index is -3.49. The summed E-state index contributed by atoms with van der Waals surface area (Å²) in [5, 5.41) is -0.857. The fourth-order valence-corrected chi connectivity index (χ4v) is 2.59. The van der Waals surface area contributed by atoms with Gasteiger partial charge in [0.05, 0.1) is 26.5 Å². The van der Waals surface area contributed by atoms with Gasteiger partial charge in [0.2, 0.25) is 0 Å². The molecule has 0 fully saturated rings. The predicted octanol–water partition coefficient (Wildman–Crippen LogP) is 3.13. The molecule has 0 unspecified atom stereocenters. The fraction of sp³-hybridized carbons (Fsp3) is 0.421. The Bertz CT molecular complexity index is 1140. The Morgan fingerprint density at radius 2 is 2.04 bits per heavy atom. The van der Waals surface area contributed by atoms with Crippen molar-refractivity contribution in [3.05, 3.63) is 45.6 Å². The molecule has 0 aliphatic carbocycles. The first-order valence-electron chi connectivity index (χ1n) is 10.4. The van der Waals surface area contributed by atoms with E-state index in [1.807, 2.05) is 0 Å². The van der Waals surface area contributed by atoms with Gasteiger partial charge in [-0.15, -0.1) is 0 Å². The fourth-order valence-electron chi connectivity index (χ4n) is 2.59. The molecule has 0 saturated carbocycles. The van der Waals surface area contributed by atoms with Gasteiger partial charge in [0.15, 0.2) is 0 Å². The van der Waals surface area contributed by atoms with Gasteiger partial charge in [-0.1, -0.05) is 12.1 Å². The molecule has 0 bridgehead atoms. The van der Waals surface area contributed by atoms with E-state index in [1.165, 1.54) is 39.8 Å². The Kier molecular flexibility index (Phi) is 3.88. The van der Waals surface area contributed by atoms with E-state index in [0.29, 0.717) is 4.68 Å². The van der Waals surface area contributed by atoms with Crippen LogP contribution in [-0.2, 0) is 9.47 Å². The molecule has 2 aromatic rings. The molecule has 7 nitrogen and oxygen atoms in total. The SMILES string of the molecule is [2H]C([2H])([2H])C([2H])([2H])N(C(=O)OC(C)(C)C)n1c(C)c(C(=O)OC)c2cccc(F)c2c1=O. The number of pyridine rings is 1. The first-order chi connectivity index (χ1) is 14.5. The predicted molar refractivity (Wildman–Crippen MR) is 99.2 cm³/mol. The molecule has 0 atom stereocenters. The summed E-state index contributed by atoms with van der Waals surface area (Å²) in [5.41, 5.74) is -3.16. The quantitative estimate of drug-likeness (QED) is 0.761. The maximum absolute atomic E-state index is 14.7. The summed E-state index contributed by atoms with van der Waals surface area (Å²) < 4.78 is 63.9. The number of carbonyl (C=O) groups is 2. The number of hydrogen-bond donors (Lipinski definition) is 0. The van der Waals surface area contributed by atoms with Crippen LogP contribution in [0.4, 0.5) is 9.18 Å². The van der Waals surface area contributed by atoms with E-state index in [0.717, 1.165) is 13.2 Å². The number of fused-ring (bicyclic) bond motifs is 1. The van der Waals surface area contributed by atoms with Crippen LogP contribution in [0.15, 0.2) is 23.0 Å². The van der Waals surface area contributed by atoms with E-state index in [1.54, 1.807) is 0 Å². The van der Waals surface area contributed by atoms with Crippen molar-refractivity contribution in [3.63, 3.8) is 0 Å². The number of halogens is 1. The molecular weight excluding hydrogens is 355 g/mol. The molecule has 0 aliphatic heterocycles. The summed E-state index contributed by atoms with van der Waals surface area (Å²) in [5.74, 6) is -2.07. The lowest BCUT2D eigenvalue weighted by Gasteiger charge is -2.29. The summed E-state index contributed by atoms with van der Waals surface area (Å²) in [6.45, 7) is -1.43. The van der Waals surface area contributed by atoms with E-state index in [9.17, 15) is 18.8 Å². The van der Waals surface area contributed by atoms with E-state index in [2.05, 4.69) is 0 Å². The highest BCUT2D eigenvalue weighted by Crippen LogP contribution is 2.23. The number of methoxy groups -OCH3 is 1. The number of hydrogen-bond acceptors (Lipinski definition) is 5. The molecule has 1 amide bonds. The number of carbonyl (C=O) groups excluding carboxylic acids is 2. The van der Waals surface area contributed by atoms with Gasteiger partial charge in [-0.25, -0.2) is 23.7 Å². The largest absolute Gasteiger partial charge is 0.465 e. The number of benzene rings is 1. The van der Waals surface area contributed by atoms with Crippen molar-refractivity contribution >= 4 is 22.8 Å².